The van der Waals surface area contributed by atoms with Gasteiger partial charge in [-0.05, 0) is 36.0 Å². The van der Waals surface area contributed by atoms with Gasteiger partial charge in [-0.2, -0.15) is 5.10 Å². The minimum Gasteiger partial charge on any atom is -0.344 e. The smallest absolute Gasteiger partial charge is 0.272 e. The van der Waals surface area contributed by atoms with Gasteiger partial charge in [-0.3, -0.25) is 14.3 Å². The maximum absolute atomic E-state index is 12.8. The van der Waals surface area contributed by atoms with Crippen LogP contribution in [0.2, 0.25) is 0 Å². The molecular weight excluding hydrogens is 364 g/mol. The molecule has 0 spiro atoms. The van der Waals surface area contributed by atoms with Crippen LogP contribution in [0.25, 0.3) is 0 Å². The van der Waals surface area contributed by atoms with Crippen molar-refractivity contribution in [3.63, 3.8) is 0 Å². The lowest BCUT2D eigenvalue weighted by Crippen LogP contribution is -2.31. The molecule has 0 aliphatic heterocycles. The van der Waals surface area contributed by atoms with E-state index in [1.807, 2.05) is 42.5 Å². The van der Waals surface area contributed by atoms with Crippen LogP contribution in [-0.2, 0) is 24.7 Å². The van der Waals surface area contributed by atoms with E-state index in [1.54, 1.807) is 13.1 Å². The Hall–Kier alpha value is -3.41. The number of fused-ring (bicyclic) bond motifs is 1. The minimum absolute atomic E-state index is 0.00872. The summed E-state index contributed by atoms with van der Waals surface area (Å²) in [5.74, 6) is 0.123. The van der Waals surface area contributed by atoms with E-state index in [4.69, 9.17) is 0 Å². The SMILES string of the molecule is Cn1nc(C(=O)NC2CCCc3ccccc32)cc1NC(=O)Cc1ccccc1. The van der Waals surface area contributed by atoms with Gasteiger partial charge in [-0.15, -0.1) is 0 Å². The number of nitrogens with one attached hydrogen (secondary N) is 2. The summed E-state index contributed by atoms with van der Waals surface area (Å²) in [6.07, 6.45) is 3.28. The van der Waals surface area contributed by atoms with E-state index < -0.39 is 0 Å². The van der Waals surface area contributed by atoms with Crippen LogP contribution in [0, 0.1) is 0 Å². The number of aromatic nitrogens is 2. The molecule has 6 nitrogen and oxygen atoms in total. The fourth-order valence-corrected chi connectivity index (χ4v) is 3.80. The molecule has 1 heterocycles. The van der Waals surface area contributed by atoms with Crippen molar-refractivity contribution in [1.29, 1.82) is 0 Å². The molecule has 0 saturated carbocycles. The van der Waals surface area contributed by atoms with Gasteiger partial charge < -0.3 is 10.6 Å². The highest BCUT2D eigenvalue weighted by atomic mass is 16.2. The average Bonchev–Trinajstić information content (AvgIpc) is 3.09. The summed E-state index contributed by atoms with van der Waals surface area (Å²) >= 11 is 0. The first-order valence-electron chi connectivity index (χ1n) is 9.86. The number of aryl methyl sites for hydroxylation is 2. The Morgan fingerprint density at radius 2 is 1.86 bits per heavy atom. The Labute approximate surface area is 169 Å². The first-order valence-corrected chi connectivity index (χ1v) is 9.86. The number of rotatable bonds is 5. The van der Waals surface area contributed by atoms with E-state index in [1.165, 1.54) is 15.8 Å². The maximum Gasteiger partial charge on any atom is 0.272 e. The summed E-state index contributed by atoms with van der Waals surface area (Å²) in [6.45, 7) is 0. The molecule has 0 bridgehead atoms. The van der Waals surface area contributed by atoms with Gasteiger partial charge >= 0.3 is 0 Å². The molecule has 0 saturated heterocycles. The summed E-state index contributed by atoms with van der Waals surface area (Å²) in [6, 6.07) is 19.4. The summed E-state index contributed by atoms with van der Waals surface area (Å²) in [4.78, 5) is 25.1. The maximum atomic E-state index is 12.8. The molecule has 1 unspecified atom stereocenters. The molecule has 1 atom stereocenters. The largest absolute Gasteiger partial charge is 0.344 e. The van der Waals surface area contributed by atoms with Gasteiger partial charge in [0.15, 0.2) is 5.69 Å². The molecule has 0 radical (unpaired) electrons. The third-order valence-corrected chi connectivity index (χ3v) is 5.26. The number of hydrogen-bond acceptors (Lipinski definition) is 3. The molecule has 1 aliphatic carbocycles. The Bertz CT molecular complexity index is 1030. The number of carbonyl (C=O) groups is 2. The molecule has 1 aromatic heterocycles. The number of hydrogen-bond donors (Lipinski definition) is 2. The quantitative estimate of drug-likeness (QED) is 0.703. The normalized spacial score (nSPS) is 15.4. The van der Waals surface area contributed by atoms with Crippen molar-refractivity contribution in [3.8, 4) is 0 Å². The molecule has 4 rings (SSSR count). The zero-order chi connectivity index (χ0) is 20.2. The first-order chi connectivity index (χ1) is 14.1. The molecule has 2 amide bonds. The molecule has 148 valence electrons. The summed E-state index contributed by atoms with van der Waals surface area (Å²) in [5.41, 5.74) is 3.70. The highest BCUT2D eigenvalue weighted by Crippen LogP contribution is 2.29. The lowest BCUT2D eigenvalue weighted by molar-refractivity contribution is -0.115. The van der Waals surface area contributed by atoms with Gasteiger partial charge in [0, 0.05) is 13.1 Å². The van der Waals surface area contributed by atoms with Gasteiger partial charge in [-0.1, -0.05) is 54.6 Å². The Morgan fingerprint density at radius 3 is 2.69 bits per heavy atom. The summed E-state index contributed by atoms with van der Waals surface area (Å²) < 4.78 is 1.52. The van der Waals surface area contributed by atoms with E-state index in [0.717, 1.165) is 24.8 Å². The van der Waals surface area contributed by atoms with Crippen molar-refractivity contribution in [2.45, 2.75) is 31.7 Å². The molecule has 0 fully saturated rings. The number of carbonyl (C=O) groups excluding carboxylic acids is 2. The molecule has 2 N–H and O–H groups in total. The number of amides is 2. The van der Waals surface area contributed by atoms with Crippen molar-refractivity contribution >= 4 is 17.6 Å². The Balaban J connectivity index is 1.42. The van der Waals surface area contributed by atoms with Crippen molar-refractivity contribution in [1.82, 2.24) is 15.1 Å². The first kappa shape index (κ1) is 18.9. The van der Waals surface area contributed by atoms with Crippen LogP contribution in [0.1, 0.15) is 46.1 Å². The van der Waals surface area contributed by atoms with Crippen molar-refractivity contribution in [2.75, 3.05) is 5.32 Å². The predicted molar refractivity (Wildman–Crippen MR) is 112 cm³/mol. The monoisotopic (exact) mass is 388 g/mol. The third kappa shape index (κ3) is 4.37. The Morgan fingerprint density at radius 1 is 1.10 bits per heavy atom. The number of anilines is 1. The second-order valence-electron chi connectivity index (χ2n) is 7.37. The van der Waals surface area contributed by atoms with Crippen LogP contribution in [0.15, 0.2) is 60.7 Å². The topological polar surface area (TPSA) is 76.0 Å². The van der Waals surface area contributed by atoms with Gasteiger partial charge in [0.05, 0.1) is 12.5 Å². The lowest BCUT2D eigenvalue weighted by Gasteiger charge is -2.26. The van der Waals surface area contributed by atoms with Crippen molar-refractivity contribution in [3.05, 3.63) is 83.0 Å². The molecule has 1 aliphatic rings. The molecule has 3 aromatic rings. The minimum atomic E-state index is -0.231. The second kappa shape index (κ2) is 8.31. The highest BCUT2D eigenvalue weighted by Gasteiger charge is 2.23. The van der Waals surface area contributed by atoms with Crippen molar-refractivity contribution < 1.29 is 9.59 Å². The van der Waals surface area contributed by atoms with E-state index in [-0.39, 0.29) is 24.3 Å². The standard InChI is InChI=1S/C23H24N4O2/c1-27-21(25-22(28)14-16-8-3-2-4-9-16)15-20(26-27)23(29)24-19-13-7-11-17-10-5-6-12-18(17)19/h2-6,8-10,12,15,19H,7,11,13-14H2,1H3,(H,24,29)(H,25,28). The average molecular weight is 388 g/mol. The molecule has 29 heavy (non-hydrogen) atoms. The number of nitrogens with zero attached hydrogens (tertiary/aromatic N) is 2. The highest BCUT2D eigenvalue weighted by molar-refractivity contribution is 5.96. The van der Waals surface area contributed by atoms with E-state index in [2.05, 4.69) is 27.9 Å². The zero-order valence-electron chi connectivity index (χ0n) is 16.4. The number of benzene rings is 2. The Kier molecular flexibility index (Phi) is 5.42. The van der Waals surface area contributed by atoms with Crippen LogP contribution in [-0.4, -0.2) is 21.6 Å². The fourth-order valence-electron chi connectivity index (χ4n) is 3.80. The summed E-state index contributed by atoms with van der Waals surface area (Å²) in [7, 11) is 1.71. The second-order valence-corrected chi connectivity index (χ2v) is 7.37. The van der Waals surface area contributed by atoms with E-state index in [0.29, 0.717) is 11.5 Å². The van der Waals surface area contributed by atoms with Gasteiger partial charge in [-0.25, -0.2) is 0 Å². The molecular formula is C23H24N4O2. The van der Waals surface area contributed by atoms with Crippen LogP contribution in [0.3, 0.4) is 0 Å². The lowest BCUT2D eigenvalue weighted by atomic mass is 9.88. The van der Waals surface area contributed by atoms with Gasteiger partial charge in [0.25, 0.3) is 5.91 Å². The molecule has 2 aromatic carbocycles. The van der Waals surface area contributed by atoms with E-state index >= 15 is 0 Å². The predicted octanol–water partition coefficient (Wildman–Crippen LogP) is 3.41. The summed E-state index contributed by atoms with van der Waals surface area (Å²) in [5, 5.41) is 10.2. The zero-order valence-corrected chi connectivity index (χ0v) is 16.4. The molecule has 6 heteroatoms. The van der Waals surface area contributed by atoms with Crippen LogP contribution in [0.4, 0.5) is 5.82 Å². The van der Waals surface area contributed by atoms with Crippen LogP contribution in [0.5, 0.6) is 0 Å². The third-order valence-electron chi connectivity index (χ3n) is 5.26. The van der Waals surface area contributed by atoms with Crippen LogP contribution < -0.4 is 10.6 Å². The fraction of sp³-hybridized carbons (Fsp3) is 0.261. The van der Waals surface area contributed by atoms with E-state index in [9.17, 15) is 9.59 Å². The van der Waals surface area contributed by atoms with Crippen molar-refractivity contribution in [2.24, 2.45) is 7.05 Å². The van der Waals surface area contributed by atoms with Gasteiger partial charge in [0.1, 0.15) is 5.82 Å². The van der Waals surface area contributed by atoms with Crippen LogP contribution >= 0.6 is 0 Å². The van der Waals surface area contributed by atoms with Gasteiger partial charge in [0.2, 0.25) is 5.91 Å².